The third-order valence-electron chi connectivity index (χ3n) is 7.60. The maximum Gasteiger partial charge on any atom is 0.132 e. The van der Waals surface area contributed by atoms with E-state index in [9.17, 15) is 9.90 Å². The molecular formula is C24H42O5. The van der Waals surface area contributed by atoms with Crippen LogP contribution in [0.25, 0.3) is 0 Å². The lowest BCUT2D eigenvalue weighted by Gasteiger charge is -2.43. The van der Waals surface area contributed by atoms with Crippen molar-refractivity contribution in [1.82, 2.24) is 0 Å². The third kappa shape index (κ3) is 6.25. The van der Waals surface area contributed by atoms with Gasteiger partial charge in [0.15, 0.2) is 0 Å². The minimum Gasteiger partial charge on any atom is -0.389 e. The van der Waals surface area contributed by atoms with E-state index in [2.05, 4.69) is 27.7 Å². The molecule has 3 aliphatic rings. The first-order chi connectivity index (χ1) is 13.8. The van der Waals surface area contributed by atoms with Gasteiger partial charge < -0.3 is 19.3 Å². The van der Waals surface area contributed by atoms with Crippen LogP contribution in [-0.4, -0.2) is 54.1 Å². The third-order valence-corrected chi connectivity index (χ3v) is 7.60. The minimum absolute atomic E-state index is 0.0800. The number of hydrogen-bond donors (Lipinski definition) is 1. The van der Waals surface area contributed by atoms with Crippen LogP contribution in [0.1, 0.15) is 85.5 Å². The van der Waals surface area contributed by atoms with E-state index in [0.29, 0.717) is 37.1 Å². The highest BCUT2D eigenvalue weighted by atomic mass is 16.6. The first-order valence-corrected chi connectivity index (χ1v) is 11.9. The molecule has 168 valence electrons. The molecule has 6 unspecified atom stereocenters. The predicted octanol–water partition coefficient (Wildman–Crippen LogP) is 4.29. The summed E-state index contributed by atoms with van der Waals surface area (Å²) >= 11 is 0. The molecule has 1 aliphatic carbocycles. The van der Waals surface area contributed by atoms with Crippen LogP contribution in [0.3, 0.4) is 0 Å². The van der Waals surface area contributed by atoms with Gasteiger partial charge in [-0.15, -0.1) is 0 Å². The van der Waals surface area contributed by atoms with E-state index in [4.69, 9.17) is 14.2 Å². The van der Waals surface area contributed by atoms with Gasteiger partial charge in [-0.05, 0) is 70.1 Å². The molecule has 29 heavy (non-hydrogen) atoms. The second-order valence-electron chi connectivity index (χ2n) is 10.2. The van der Waals surface area contributed by atoms with Crippen molar-refractivity contribution in [2.24, 2.45) is 17.8 Å². The zero-order valence-electron chi connectivity index (χ0n) is 18.9. The molecule has 2 saturated heterocycles. The van der Waals surface area contributed by atoms with Gasteiger partial charge >= 0.3 is 0 Å². The molecule has 6 atom stereocenters. The molecule has 1 saturated carbocycles. The average molecular weight is 411 g/mol. The molecule has 0 aromatic rings. The maximum absolute atomic E-state index is 11.5. The number of carbonyl (C=O) groups is 1. The Hall–Kier alpha value is -0.490. The molecule has 0 aromatic carbocycles. The fourth-order valence-electron chi connectivity index (χ4n) is 5.62. The second kappa shape index (κ2) is 10.2. The van der Waals surface area contributed by atoms with Crippen molar-refractivity contribution < 1.29 is 24.1 Å². The summed E-state index contributed by atoms with van der Waals surface area (Å²) in [5, 5.41) is 11.5. The summed E-state index contributed by atoms with van der Waals surface area (Å²) < 4.78 is 18.1. The van der Waals surface area contributed by atoms with Crippen LogP contribution in [0.15, 0.2) is 0 Å². The van der Waals surface area contributed by atoms with Crippen molar-refractivity contribution in [2.75, 3.05) is 13.2 Å². The molecule has 2 heterocycles. The summed E-state index contributed by atoms with van der Waals surface area (Å²) in [5.74, 6) is 1.72. The molecule has 1 N–H and O–H groups in total. The van der Waals surface area contributed by atoms with Crippen molar-refractivity contribution in [3.05, 3.63) is 0 Å². The molecule has 5 heteroatoms. The lowest BCUT2D eigenvalue weighted by molar-refractivity contribution is -0.144. The SMILES string of the molecule is CC(C)OC1CCOC1CC(C)C1(O)CCOC(CC(C)C2CCC(=O)CC2)C1. The van der Waals surface area contributed by atoms with Gasteiger partial charge in [0.25, 0.3) is 0 Å². The van der Waals surface area contributed by atoms with E-state index in [1.54, 1.807) is 0 Å². The minimum atomic E-state index is -0.695. The summed E-state index contributed by atoms with van der Waals surface area (Å²) in [6, 6.07) is 0. The Morgan fingerprint density at radius 3 is 2.48 bits per heavy atom. The highest BCUT2D eigenvalue weighted by Crippen LogP contribution is 2.39. The number of ketones is 1. The van der Waals surface area contributed by atoms with Crippen LogP contribution >= 0.6 is 0 Å². The van der Waals surface area contributed by atoms with Gasteiger partial charge in [-0.25, -0.2) is 0 Å². The van der Waals surface area contributed by atoms with Gasteiger partial charge in [0.2, 0.25) is 0 Å². The summed E-state index contributed by atoms with van der Waals surface area (Å²) in [4.78, 5) is 11.5. The molecule has 2 aliphatic heterocycles. The number of ether oxygens (including phenoxy) is 3. The zero-order chi connectivity index (χ0) is 21.0. The van der Waals surface area contributed by atoms with Crippen molar-refractivity contribution in [3.8, 4) is 0 Å². The highest BCUT2D eigenvalue weighted by molar-refractivity contribution is 5.79. The van der Waals surface area contributed by atoms with Crippen LogP contribution in [0.5, 0.6) is 0 Å². The van der Waals surface area contributed by atoms with E-state index in [1.165, 1.54) is 0 Å². The first-order valence-electron chi connectivity index (χ1n) is 11.9. The Kier molecular flexibility index (Phi) is 8.16. The summed E-state index contributed by atoms with van der Waals surface area (Å²) in [6.07, 6.45) is 8.20. The van der Waals surface area contributed by atoms with E-state index < -0.39 is 5.60 Å². The summed E-state index contributed by atoms with van der Waals surface area (Å²) in [6.45, 7) is 9.96. The standard InChI is InChI=1S/C24H42O5/c1-16(2)29-22-9-11-28-23(22)14-18(4)24(26)10-12-27-21(15-24)13-17(3)19-5-7-20(25)8-6-19/h16-19,21-23,26H,5-15H2,1-4H3. The molecule has 0 amide bonds. The Morgan fingerprint density at radius 1 is 1.07 bits per heavy atom. The van der Waals surface area contributed by atoms with Gasteiger partial charge in [-0.3, -0.25) is 4.79 Å². The average Bonchev–Trinajstić information content (AvgIpc) is 3.08. The molecular weight excluding hydrogens is 368 g/mol. The molecule has 0 spiro atoms. The van der Waals surface area contributed by atoms with Crippen LogP contribution in [-0.2, 0) is 19.0 Å². The Morgan fingerprint density at radius 2 is 1.79 bits per heavy atom. The zero-order valence-corrected chi connectivity index (χ0v) is 18.9. The second-order valence-corrected chi connectivity index (χ2v) is 10.2. The molecule has 5 nitrogen and oxygen atoms in total. The van der Waals surface area contributed by atoms with E-state index in [-0.39, 0.29) is 30.3 Å². The lowest BCUT2D eigenvalue weighted by Crippen LogP contribution is -2.47. The van der Waals surface area contributed by atoms with Gasteiger partial charge in [0.05, 0.1) is 30.0 Å². The molecule has 0 bridgehead atoms. The monoisotopic (exact) mass is 410 g/mol. The normalized spacial score (nSPS) is 36.5. The van der Waals surface area contributed by atoms with Gasteiger partial charge in [0.1, 0.15) is 5.78 Å². The fraction of sp³-hybridized carbons (Fsp3) is 0.958. The largest absolute Gasteiger partial charge is 0.389 e. The van der Waals surface area contributed by atoms with Crippen molar-refractivity contribution >= 4 is 5.78 Å². The molecule has 0 aromatic heterocycles. The van der Waals surface area contributed by atoms with Gasteiger partial charge in [-0.1, -0.05) is 13.8 Å². The van der Waals surface area contributed by atoms with E-state index >= 15 is 0 Å². The van der Waals surface area contributed by atoms with E-state index in [0.717, 1.165) is 51.6 Å². The van der Waals surface area contributed by atoms with Crippen molar-refractivity contribution in [1.29, 1.82) is 0 Å². The van der Waals surface area contributed by atoms with Gasteiger partial charge in [0, 0.05) is 32.5 Å². The number of aliphatic hydroxyl groups is 1. The quantitative estimate of drug-likeness (QED) is 0.647. The predicted molar refractivity (Wildman–Crippen MR) is 113 cm³/mol. The van der Waals surface area contributed by atoms with Crippen LogP contribution < -0.4 is 0 Å². The summed E-state index contributed by atoms with van der Waals surface area (Å²) in [5.41, 5.74) is -0.695. The van der Waals surface area contributed by atoms with E-state index in [1.807, 2.05) is 0 Å². The topological polar surface area (TPSA) is 65.0 Å². The smallest absolute Gasteiger partial charge is 0.132 e. The maximum atomic E-state index is 11.5. The number of rotatable bonds is 8. The molecule has 0 radical (unpaired) electrons. The Balaban J connectivity index is 1.51. The van der Waals surface area contributed by atoms with Crippen molar-refractivity contribution in [3.63, 3.8) is 0 Å². The molecule has 3 rings (SSSR count). The first kappa shape index (κ1) is 23.2. The van der Waals surface area contributed by atoms with Crippen LogP contribution in [0, 0.1) is 17.8 Å². The molecule has 3 fully saturated rings. The Labute approximate surface area is 176 Å². The fourth-order valence-corrected chi connectivity index (χ4v) is 5.62. The van der Waals surface area contributed by atoms with Crippen molar-refractivity contribution in [2.45, 2.75) is 115 Å². The summed E-state index contributed by atoms with van der Waals surface area (Å²) in [7, 11) is 0. The highest BCUT2D eigenvalue weighted by Gasteiger charge is 2.43. The van der Waals surface area contributed by atoms with Crippen LogP contribution in [0.4, 0.5) is 0 Å². The number of carbonyl (C=O) groups excluding carboxylic acids is 1. The van der Waals surface area contributed by atoms with Crippen LogP contribution in [0.2, 0.25) is 0 Å². The Bertz CT molecular complexity index is 525. The number of hydrogen-bond acceptors (Lipinski definition) is 5. The lowest BCUT2D eigenvalue weighted by atomic mass is 9.73. The number of Topliss-reactive ketones (excluding diaryl/α,β-unsaturated/α-hetero) is 1. The van der Waals surface area contributed by atoms with Gasteiger partial charge in [-0.2, -0.15) is 0 Å².